The fourth-order valence-electron chi connectivity index (χ4n) is 2.54. The van der Waals surface area contributed by atoms with E-state index in [4.69, 9.17) is 9.15 Å². The summed E-state index contributed by atoms with van der Waals surface area (Å²) in [6, 6.07) is 17.9. The number of furan rings is 1. The highest BCUT2D eigenvalue weighted by Gasteiger charge is 2.26. The van der Waals surface area contributed by atoms with Crippen molar-refractivity contribution in [2.45, 2.75) is 12.5 Å². The number of benzene rings is 2. The predicted octanol–water partition coefficient (Wildman–Crippen LogP) is 3.68. The van der Waals surface area contributed by atoms with E-state index in [9.17, 15) is 14.0 Å². The van der Waals surface area contributed by atoms with Gasteiger partial charge < -0.3 is 14.5 Å². The largest absolute Gasteiger partial charge is 0.457 e. The summed E-state index contributed by atoms with van der Waals surface area (Å²) in [5.41, 5.74) is 1.44. The number of hydrogen-bond acceptors (Lipinski definition) is 4. The lowest BCUT2D eigenvalue weighted by Crippen LogP contribution is -2.33. The van der Waals surface area contributed by atoms with Gasteiger partial charge in [0.2, 0.25) is 11.9 Å². The maximum atomic E-state index is 13.2. The molecule has 3 aromatic rings. The minimum absolute atomic E-state index is 0.0146. The molecular weight excluding hydrogens is 349 g/mol. The molecule has 27 heavy (non-hydrogen) atoms. The van der Waals surface area contributed by atoms with E-state index in [0.717, 1.165) is 5.56 Å². The maximum absolute atomic E-state index is 13.2. The summed E-state index contributed by atoms with van der Waals surface area (Å²) in [6.45, 7) is 0.374. The van der Waals surface area contributed by atoms with Crippen LogP contribution < -0.4 is 5.32 Å². The van der Waals surface area contributed by atoms with Gasteiger partial charge in [-0.05, 0) is 36.2 Å². The Bertz CT molecular complexity index is 876. The van der Waals surface area contributed by atoms with Crippen molar-refractivity contribution in [2.24, 2.45) is 0 Å². The molecule has 0 bridgehead atoms. The van der Waals surface area contributed by atoms with Gasteiger partial charge in [0.1, 0.15) is 5.82 Å². The lowest BCUT2D eigenvalue weighted by Gasteiger charge is -2.17. The molecule has 0 saturated carbocycles. The number of nitrogens with one attached hydrogen (secondary N) is 1. The zero-order chi connectivity index (χ0) is 19.1. The number of esters is 1. The molecule has 0 fully saturated rings. The summed E-state index contributed by atoms with van der Waals surface area (Å²) in [7, 11) is 0. The fraction of sp³-hybridized carbons (Fsp3) is 0.143. The van der Waals surface area contributed by atoms with Gasteiger partial charge in [0.15, 0.2) is 0 Å². The topological polar surface area (TPSA) is 68.5 Å². The molecule has 1 heterocycles. The monoisotopic (exact) mass is 367 g/mol. The van der Waals surface area contributed by atoms with Crippen molar-refractivity contribution in [3.8, 4) is 0 Å². The van der Waals surface area contributed by atoms with Gasteiger partial charge in [-0.3, -0.25) is 4.79 Å². The molecular formula is C21H18FNO4. The second-order valence-electron chi connectivity index (χ2n) is 5.84. The molecule has 6 heteroatoms. The highest BCUT2D eigenvalue weighted by atomic mass is 19.1. The second kappa shape index (κ2) is 8.80. The molecule has 0 aliphatic rings. The summed E-state index contributed by atoms with van der Waals surface area (Å²) in [5, 5.41) is 2.75. The maximum Gasteiger partial charge on any atom is 0.375 e. The molecule has 2 aromatic carbocycles. The zero-order valence-corrected chi connectivity index (χ0v) is 14.4. The van der Waals surface area contributed by atoms with Crippen LogP contribution in [-0.4, -0.2) is 18.4 Å². The van der Waals surface area contributed by atoms with Crippen molar-refractivity contribution in [2.75, 3.05) is 6.54 Å². The van der Waals surface area contributed by atoms with Crippen molar-refractivity contribution in [1.29, 1.82) is 0 Å². The van der Waals surface area contributed by atoms with Crippen LogP contribution in [0.4, 0.5) is 4.39 Å². The van der Waals surface area contributed by atoms with Crippen LogP contribution in [0.15, 0.2) is 77.4 Å². The van der Waals surface area contributed by atoms with Gasteiger partial charge in [0.25, 0.3) is 5.91 Å². The summed E-state index contributed by atoms with van der Waals surface area (Å²) in [4.78, 5) is 24.8. The lowest BCUT2D eigenvalue weighted by atomic mass is 10.1. The van der Waals surface area contributed by atoms with E-state index in [1.807, 2.05) is 30.3 Å². The van der Waals surface area contributed by atoms with E-state index in [1.54, 1.807) is 6.07 Å². The number of carbonyl (C=O) groups is 2. The third kappa shape index (κ3) is 5.04. The molecule has 1 atom stereocenters. The summed E-state index contributed by atoms with van der Waals surface area (Å²) in [6.07, 6.45) is 0.761. The second-order valence-corrected chi connectivity index (χ2v) is 5.84. The molecule has 1 aromatic heterocycles. The van der Waals surface area contributed by atoms with Crippen molar-refractivity contribution in [3.05, 3.63) is 95.7 Å². The van der Waals surface area contributed by atoms with Gasteiger partial charge in [-0.1, -0.05) is 42.5 Å². The first-order valence-corrected chi connectivity index (χ1v) is 8.45. The van der Waals surface area contributed by atoms with Crippen LogP contribution in [0, 0.1) is 5.82 Å². The molecule has 0 aliphatic heterocycles. The normalized spacial score (nSPS) is 11.6. The minimum atomic E-state index is -1.21. The van der Waals surface area contributed by atoms with Crippen LogP contribution >= 0.6 is 0 Å². The standard InChI is InChI=1S/C21H18FNO4/c22-17-10-8-16(9-11-17)19(27-21(25)18-7-4-14-26-18)20(24)23-13-12-15-5-2-1-3-6-15/h1-11,14,19H,12-13H2,(H,23,24). The Morgan fingerprint density at radius 1 is 1.00 bits per heavy atom. The van der Waals surface area contributed by atoms with Crippen LogP contribution in [0.1, 0.15) is 27.8 Å². The van der Waals surface area contributed by atoms with Gasteiger partial charge in [0.05, 0.1) is 6.26 Å². The van der Waals surface area contributed by atoms with Gasteiger partial charge in [-0.15, -0.1) is 0 Å². The molecule has 1 N–H and O–H groups in total. The SMILES string of the molecule is O=C(OC(C(=O)NCCc1ccccc1)c1ccc(F)cc1)c1ccco1. The van der Waals surface area contributed by atoms with Gasteiger partial charge >= 0.3 is 5.97 Å². The first-order valence-electron chi connectivity index (χ1n) is 8.45. The van der Waals surface area contributed by atoms with E-state index in [2.05, 4.69) is 5.32 Å². The Hall–Kier alpha value is -3.41. The minimum Gasteiger partial charge on any atom is -0.457 e. The van der Waals surface area contributed by atoms with Gasteiger partial charge in [-0.2, -0.15) is 0 Å². The third-order valence-electron chi connectivity index (χ3n) is 3.91. The Morgan fingerprint density at radius 2 is 1.74 bits per heavy atom. The third-order valence-corrected chi connectivity index (χ3v) is 3.91. The summed E-state index contributed by atoms with van der Waals surface area (Å²) < 4.78 is 23.5. The quantitative estimate of drug-likeness (QED) is 0.647. The van der Waals surface area contributed by atoms with E-state index in [-0.39, 0.29) is 5.76 Å². The lowest BCUT2D eigenvalue weighted by molar-refractivity contribution is -0.130. The number of carbonyl (C=O) groups excluding carboxylic acids is 2. The molecule has 5 nitrogen and oxygen atoms in total. The smallest absolute Gasteiger partial charge is 0.375 e. The van der Waals surface area contributed by atoms with E-state index in [0.29, 0.717) is 18.5 Å². The Labute approximate surface area is 155 Å². The summed E-state index contributed by atoms with van der Waals surface area (Å²) in [5.74, 6) is -1.72. The van der Waals surface area contributed by atoms with E-state index >= 15 is 0 Å². The predicted molar refractivity (Wildman–Crippen MR) is 96.4 cm³/mol. The number of halogens is 1. The molecule has 0 spiro atoms. The number of rotatable bonds is 7. The number of amides is 1. The van der Waals surface area contributed by atoms with Crippen LogP contribution in [-0.2, 0) is 16.0 Å². The van der Waals surface area contributed by atoms with E-state index < -0.39 is 23.8 Å². The zero-order valence-electron chi connectivity index (χ0n) is 14.4. The van der Waals surface area contributed by atoms with E-state index in [1.165, 1.54) is 36.6 Å². The van der Waals surface area contributed by atoms with Crippen molar-refractivity contribution >= 4 is 11.9 Å². The van der Waals surface area contributed by atoms with Crippen LogP contribution in [0.5, 0.6) is 0 Å². The van der Waals surface area contributed by atoms with Crippen LogP contribution in [0.3, 0.4) is 0 Å². The molecule has 1 amide bonds. The molecule has 0 saturated heterocycles. The Balaban J connectivity index is 1.69. The molecule has 0 radical (unpaired) electrons. The first-order chi connectivity index (χ1) is 13.1. The number of ether oxygens (including phenoxy) is 1. The molecule has 1 unspecified atom stereocenters. The highest BCUT2D eigenvalue weighted by Crippen LogP contribution is 2.20. The average Bonchev–Trinajstić information content (AvgIpc) is 3.22. The number of hydrogen-bond donors (Lipinski definition) is 1. The Morgan fingerprint density at radius 3 is 2.41 bits per heavy atom. The Kier molecular flexibility index (Phi) is 5.99. The van der Waals surface area contributed by atoms with Gasteiger partial charge in [-0.25, -0.2) is 9.18 Å². The van der Waals surface area contributed by atoms with Crippen molar-refractivity contribution < 1.29 is 23.1 Å². The molecule has 0 aliphatic carbocycles. The molecule has 138 valence electrons. The van der Waals surface area contributed by atoms with Crippen molar-refractivity contribution in [1.82, 2.24) is 5.32 Å². The summed E-state index contributed by atoms with van der Waals surface area (Å²) >= 11 is 0. The average molecular weight is 367 g/mol. The molecule has 3 rings (SSSR count). The van der Waals surface area contributed by atoms with Crippen molar-refractivity contribution in [3.63, 3.8) is 0 Å². The van der Waals surface area contributed by atoms with Crippen LogP contribution in [0.25, 0.3) is 0 Å². The van der Waals surface area contributed by atoms with Crippen LogP contribution in [0.2, 0.25) is 0 Å². The first kappa shape index (κ1) is 18.4. The highest BCUT2D eigenvalue weighted by molar-refractivity contribution is 5.90. The fourth-order valence-corrected chi connectivity index (χ4v) is 2.54. The van der Waals surface area contributed by atoms with Gasteiger partial charge in [0, 0.05) is 12.1 Å².